The van der Waals surface area contributed by atoms with Crippen molar-refractivity contribution in [1.29, 1.82) is 0 Å². The molecule has 1 fully saturated rings. The lowest BCUT2D eigenvalue weighted by atomic mass is 9.68. The van der Waals surface area contributed by atoms with Crippen LogP contribution in [0.2, 0.25) is 0 Å². The van der Waals surface area contributed by atoms with Crippen molar-refractivity contribution >= 4 is 11.4 Å². The van der Waals surface area contributed by atoms with E-state index in [0.29, 0.717) is 11.2 Å². The zero-order chi connectivity index (χ0) is 11.2. The highest BCUT2D eigenvalue weighted by Gasteiger charge is 2.39. The zero-order valence-corrected chi connectivity index (χ0v) is 9.66. The van der Waals surface area contributed by atoms with Crippen LogP contribution in [0.5, 0.6) is 5.75 Å². The molecule has 0 bridgehead atoms. The predicted molar refractivity (Wildman–Crippen MR) is 66.2 cm³/mol. The second-order valence-electron chi connectivity index (χ2n) is 5.26. The van der Waals surface area contributed by atoms with Crippen LogP contribution in [0.1, 0.15) is 19.3 Å². The molecular weight excluding hydrogens is 200 g/mol. The molecule has 1 saturated carbocycles. The third kappa shape index (κ3) is 1.42. The number of hydrogen-bond acceptors (Lipinski definition) is 3. The van der Waals surface area contributed by atoms with Crippen molar-refractivity contribution in [2.75, 3.05) is 30.4 Å². The van der Waals surface area contributed by atoms with Gasteiger partial charge in [-0.15, -0.1) is 0 Å². The fraction of sp³-hybridized carbons (Fsp3) is 0.538. The molecule has 0 amide bonds. The summed E-state index contributed by atoms with van der Waals surface area (Å²) < 4.78 is 0. The van der Waals surface area contributed by atoms with E-state index in [-0.39, 0.29) is 0 Å². The molecule has 0 saturated heterocycles. The summed E-state index contributed by atoms with van der Waals surface area (Å²) in [7, 11) is 2.12. The van der Waals surface area contributed by atoms with Crippen LogP contribution >= 0.6 is 0 Å². The maximum Gasteiger partial charge on any atom is 0.117 e. The van der Waals surface area contributed by atoms with Gasteiger partial charge >= 0.3 is 0 Å². The number of nitrogens with one attached hydrogen (secondary N) is 1. The van der Waals surface area contributed by atoms with Crippen molar-refractivity contribution in [2.24, 2.45) is 5.41 Å². The number of fused-ring (bicyclic) bond motifs is 1. The number of phenols is 1. The number of hydrogen-bond donors (Lipinski definition) is 2. The van der Waals surface area contributed by atoms with Crippen molar-refractivity contribution in [3.63, 3.8) is 0 Å². The van der Waals surface area contributed by atoms with Crippen LogP contribution in [0.15, 0.2) is 18.2 Å². The molecule has 1 heterocycles. The summed E-state index contributed by atoms with van der Waals surface area (Å²) in [5.74, 6) is 0.344. The number of anilines is 2. The highest BCUT2D eigenvalue weighted by molar-refractivity contribution is 5.72. The molecule has 3 nitrogen and oxygen atoms in total. The normalized spacial score (nSPS) is 21.9. The molecule has 1 aromatic carbocycles. The Morgan fingerprint density at radius 3 is 2.88 bits per heavy atom. The van der Waals surface area contributed by atoms with E-state index in [0.717, 1.165) is 24.5 Å². The average molecular weight is 218 g/mol. The summed E-state index contributed by atoms with van der Waals surface area (Å²) in [6, 6.07) is 5.57. The molecule has 1 aliphatic carbocycles. The van der Waals surface area contributed by atoms with Crippen molar-refractivity contribution in [1.82, 2.24) is 0 Å². The van der Waals surface area contributed by atoms with Gasteiger partial charge in [0.05, 0.1) is 11.4 Å². The minimum absolute atomic E-state index is 0.344. The minimum atomic E-state index is 0.344. The van der Waals surface area contributed by atoms with E-state index >= 15 is 0 Å². The molecule has 1 aliphatic heterocycles. The third-order valence-electron chi connectivity index (χ3n) is 4.03. The van der Waals surface area contributed by atoms with Crippen molar-refractivity contribution in [2.45, 2.75) is 19.3 Å². The van der Waals surface area contributed by atoms with E-state index in [4.69, 9.17) is 0 Å². The molecule has 0 unspecified atom stereocenters. The topological polar surface area (TPSA) is 35.5 Å². The summed E-state index contributed by atoms with van der Waals surface area (Å²) >= 11 is 0. The summed E-state index contributed by atoms with van der Waals surface area (Å²) in [4.78, 5) is 2.27. The van der Waals surface area contributed by atoms with Crippen molar-refractivity contribution < 1.29 is 5.11 Å². The number of aromatic hydroxyl groups is 1. The summed E-state index contributed by atoms with van der Waals surface area (Å²) in [5, 5.41) is 13.1. The molecule has 3 heteroatoms. The first-order valence-corrected chi connectivity index (χ1v) is 5.97. The Morgan fingerprint density at radius 2 is 2.19 bits per heavy atom. The number of benzene rings is 1. The quantitative estimate of drug-likeness (QED) is 0.656. The molecule has 2 aliphatic rings. The van der Waals surface area contributed by atoms with Crippen molar-refractivity contribution in [3.05, 3.63) is 18.2 Å². The van der Waals surface area contributed by atoms with Crippen LogP contribution < -0.4 is 10.2 Å². The van der Waals surface area contributed by atoms with E-state index in [1.54, 1.807) is 6.07 Å². The first-order chi connectivity index (χ1) is 7.69. The average Bonchev–Trinajstić information content (AvgIpc) is 2.36. The van der Waals surface area contributed by atoms with Gasteiger partial charge in [-0.25, -0.2) is 0 Å². The Morgan fingerprint density at radius 1 is 1.38 bits per heavy atom. The van der Waals surface area contributed by atoms with Crippen LogP contribution in [-0.2, 0) is 0 Å². The Hall–Kier alpha value is -1.38. The highest BCUT2D eigenvalue weighted by atomic mass is 16.3. The predicted octanol–water partition coefficient (Wildman–Crippen LogP) is 2.42. The summed E-state index contributed by atoms with van der Waals surface area (Å²) in [6.07, 6.45) is 4.01. The Labute approximate surface area is 96.1 Å². The van der Waals surface area contributed by atoms with Gasteiger partial charge < -0.3 is 15.3 Å². The molecular formula is C13H18N2O. The van der Waals surface area contributed by atoms with Gasteiger partial charge in [-0.1, -0.05) is 6.42 Å². The molecule has 0 radical (unpaired) electrons. The molecule has 1 spiro atoms. The number of nitrogens with zero attached hydrogens (tertiary/aromatic N) is 1. The zero-order valence-electron chi connectivity index (χ0n) is 9.66. The second kappa shape index (κ2) is 3.30. The smallest absolute Gasteiger partial charge is 0.117 e. The van der Waals surface area contributed by atoms with Gasteiger partial charge in [0.1, 0.15) is 5.75 Å². The van der Waals surface area contributed by atoms with Crippen LogP contribution in [0.4, 0.5) is 11.4 Å². The van der Waals surface area contributed by atoms with Crippen LogP contribution in [-0.4, -0.2) is 25.2 Å². The maximum absolute atomic E-state index is 9.54. The van der Waals surface area contributed by atoms with Gasteiger partial charge in [0, 0.05) is 31.6 Å². The van der Waals surface area contributed by atoms with Crippen LogP contribution in [0, 0.1) is 5.41 Å². The standard InChI is InChI=1S/C13H18N2O/c1-15-9-13(5-2-6-13)8-14-11-4-3-10(16)7-12(11)15/h3-4,7,14,16H,2,5-6,8-9H2,1H3. The Kier molecular flexibility index (Phi) is 2.03. The van der Waals surface area contributed by atoms with Gasteiger partial charge in [0.25, 0.3) is 0 Å². The van der Waals surface area contributed by atoms with Crippen molar-refractivity contribution in [3.8, 4) is 5.75 Å². The van der Waals surface area contributed by atoms with E-state index in [2.05, 4.69) is 17.3 Å². The lowest BCUT2D eigenvalue weighted by Gasteiger charge is -2.43. The van der Waals surface area contributed by atoms with E-state index < -0.39 is 0 Å². The number of phenolic OH excluding ortho intramolecular Hbond substituents is 1. The second-order valence-corrected chi connectivity index (χ2v) is 5.26. The van der Waals surface area contributed by atoms with Gasteiger partial charge in [0.2, 0.25) is 0 Å². The molecule has 16 heavy (non-hydrogen) atoms. The van der Waals surface area contributed by atoms with Gasteiger partial charge in [-0.05, 0) is 25.0 Å². The summed E-state index contributed by atoms with van der Waals surface area (Å²) in [6.45, 7) is 2.16. The maximum atomic E-state index is 9.54. The first-order valence-electron chi connectivity index (χ1n) is 5.97. The Balaban J connectivity index is 1.95. The molecule has 2 N–H and O–H groups in total. The fourth-order valence-electron chi connectivity index (χ4n) is 2.92. The summed E-state index contributed by atoms with van der Waals surface area (Å²) in [5.41, 5.74) is 2.72. The lowest BCUT2D eigenvalue weighted by Crippen LogP contribution is -2.43. The Bertz CT molecular complexity index is 412. The van der Waals surface area contributed by atoms with E-state index in [1.807, 2.05) is 12.1 Å². The highest BCUT2D eigenvalue weighted by Crippen LogP contribution is 2.45. The van der Waals surface area contributed by atoms with Crippen LogP contribution in [0.3, 0.4) is 0 Å². The number of rotatable bonds is 0. The lowest BCUT2D eigenvalue weighted by molar-refractivity contribution is 0.162. The molecule has 1 aromatic rings. The first kappa shape index (κ1) is 9.82. The molecule has 0 atom stereocenters. The van der Waals surface area contributed by atoms with E-state index in [9.17, 15) is 5.11 Å². The SMILES string of the molecule is CN1CC2(CCC2)CNc2ccc(O)cc21. The van der Waals surface area contributed by atoms with Crippen LogP contribution in [0.25, 0.3) is 0 Å². The molecule has 3 rings (SSSR count). The van der Waals surface area contributed by atoms with Gasteiger partial charge in [-0.2, -0.15) is 0 Å². The molecule has 0 aromatic heterocycles. The van der Waals surface area contributed by atoms with Gasteiger partial charge in [0.15, 0.2) is 0 Å². The largest absolute Gasteiger partial charge is 0.508 e. The third-order valence-corrected chi connectivity index (χ3v) is 4.03. The minimum Gasteiger partial charge on any atom is -0.508 e. The van der Waals surface area contributed by atoms with E-state index in [1.165, 1.54) is 19.3 Å². The monoisotopic (exact) mass is 218 g/mol. The molecule has 86 valence electrons. The van der Waals surface area contributed by atoms with Gasteiger partial charge in [-0.3, -0.25) is 0 Å². The fourth-order valence-corrected chi connectivity index (χ4v) is 2.92.